The number of thioether (sulfide) groups is 1. The van der Waals surface area contributed by atoms with Crippen molar-refractivity contribution in [1.29, 1.82) is 5.26 Å². The number of nitrogens with zero attached hydrogens (tertiary/aromatic N) is 3. The summed E-state index contributed by atoms with van der Waals surface area (Å²) < 4.78 is 12.8. The third-order valence-electron chi connectivity index (χ3n) is 1.71. The second-order valence-corrected chi connectivity index (χ2v) is 3.33. The van der Waals surface area contributed by atoms with E-state index in [0.717, 1.165) is 6.54 Å². The molecule has 0 aromatic heterocycles. The minimum atomic E-state index is -0.147. The smallest absolute Gasteiger partial charge is 0.208 e. The lowest BCUT2D eigenvalue weighted by atomic mass is 10.2. The summed E-state index contributed by atoms with van der Waals surface area (Å²) in [6.45, 7) is 0.968. The predicted octanol–water partition coefficient (Wildman–Crippen LogP) is 1.75. The van der Waals surface area contributed by atoms with Crippen molar-refractivity contribution in [3.05, 3.63) is 11.9 Å². The van der Waals surface area contributed by atoms with Crippen LogP contribution in [0.15, 0.2) is 16.9 Å². The first-order chi connectivity index (χ1) is 6.27. The number of hydrogen-bond acceptors (Lipinski definition) is 3. The maximum atomic E-state index is 12.8. The van der Waals surface area contributed by atoms with Crippen molar-refractivity contribution < 1.29 is 4.39 Å². The molecule has 70 valence electrons. The minimum Gasteiger partial charge on any atom is -0.344 e. The molecule has 0 atom stereocenters. The molecule has 13 heavy (non-hydrogen) atoms. The van der Waals surface area contributed by atoms with Crippen molar-refractivity contribution in [2.75, 3.05) is 19.3 Å². The fraction of sp³-hybridized carbons (Fsp3) is 0.500. The lowest BCUT2D eigenvalue weighted by molar-refractivity contribution is 0.396. The highest BCUT2D eigenvalue weighted by Gasteiger charge is 2.15. The van der Waals surface area contributed by atoms with E-state index < -0.39 is 0 Å². The van der Waals surface area contributed by atoms with Gasteiger partial charge in [0.25, 0.3) is 0 Å². The van der Waals surface area contributed by atoms with Crippen LogP contribution in [0.4, 0.5) is 4.39 Å². The molecule has 0 aromatic rings. The predicted molar refractivity (Wildman–Crippen MR) is 51.9 cm³/mol. The zero-order chi connectivity index (χ0) is 9.68. The zero-order valence-electron chi connectivity index (χ0n) is 7.33. The first-order valence-corrected chi connectivity index (χ1v) is 5.10. The largest absolute Gasteiger partial charge is 0.344 e. The van der Waals surface area contributed by atoms with Crippen molar-refractivity contribution in [3.8, 4) is 6.19 Å². The van der Waals surface area contributed by atoms with E-state index in [-0.39, 0.29) is 12.4 Å². The Morgan fingerprint density at radius 3 is 3.15 bits per heavy atom. The molecule has 0 aromatic carbocycles. The third-order valence-corrected chi connectivity index (χ3v) is 2.42. The van der Waals surface area contributed by atoms with Crippen molar-refractivity contribution in [3.63, 3.8) is 0 Å². The maximum Gasteiger partial charge on any atom is 0.208 e. The molecule has 0 saturated heterocycles. The standard InChI is InChI=1S/C8H10FN3S/c1-13-8(11-6-10)12-4-2-3-7(9)5-12/h3H,2,4-5H2,1H3. The Bertz CT molecular complexity index is 280. The average Bonchev–Trinajstić information content (AvgIpc) is 2.14. The van der Waals surface area contributed by atoms with Crippen LogP contribution in [0.3, 0.4) is 0 Å². The summed E-state index contributed by atoms with van der Waals surface area (Å²) >= 11 is 1.36. The SMILES string of the molecule is CSC(=NC#N)N1CCC=C(F)C1. The highest BCUT2D eigenvalue weighted by Crippen LogP contribution is 2.14. The summed E-state index contributed by atoms with van der Waals surface area (Å²) in [5.41, 5.74) is 0. The summed E-state index contributed by atoms with van der Waals surface area (Å²) in [4.78, 5) is 5.39. The van der Waals surface area contributed by atoms with Gasteiger partial charge in [-0.05, 0) is 18.8 Å². The monoisotopic (exact) mass is 199 g/mol. The fourth-order valence-electron chi connectivity index (χ4n) is 1.15. The fourth-order valence-corrected chi connectivity index (χ4v) is 1.70. The molecular weight excluding hydrogens is 189 g/mol. The van der Waals surface area contributed by atoms with E-state index in [0.29, 0.717) is 11.6 Å². The first-order valence-electron chi connectivity index (χ1n) is 3.88. The van der Waals surface area contributed by atoms with Crippen molar-refractivity contribution in [2.24, 2.45) is 4.99 Å². The number of nitriles is 1. The van der Waals surface area contributed by atoms with Gasteiger partial charge >= 0.3 is 0 Å². The van der Waals surface area contributed by atoms with Crippen molar-refractivity contribution >= 4 is 16.9 Å². The van der Waals surface area contributed by atoms with Crippen LogP contribution in [-0.2, 0) is 0 Å². The lowest BCUT2D eigenvalue weighted by Gasteiger charge is -2.25. The van der Waals surface area contributed by atoms with Gasteiger partial charge in [-0.25, -0.2) is 4.39 Å². The summed E-state index contributed by atoms with van der Waals surface area (Å²) in [5, 5.41) is 8.97. The maximum absolute atomic E-state index is 12.8. The molecule has 0 spiro atoms. The number of halogens is 1. The number of amidine groups is 1. The van der Waals surface area contributed by atoms with E-state index in [9.17, 15) is 4.39 Å². The zero-order valence-corrected chi connectivity index (χ0v) is 8.14. The van der Waals surface area contributed by atoms with Crippen molar-refractivity contribution in [1.82, 2.24) is 4.90 Å². The topological polar surface area (TPSA) is 39.4 Å². The highest BCUT2D eigenvalue weighted by molar-refractivity contribution is 8.13. The summed E-state index contributed by atoms with van der Waals surface area (Å²) in [6.07, 6.45) is 5.79. The molecule has 0 unspecified atom stereocenters. The van der Waals surface area contributed by atoms with Crippen LogP contribution in [0, 0.1) is 11.5 Å². The Hall–Kier alpha value is -1.02. The van der Waals surface area contributed by atoms with Crippen LogP contribution in [0.1, 0.15) is 6.42 Å². The van der Waals surface area contributed by atoms with Crippen LogP contribution in [0.25, 0.3) is 0 Å². The molecule has 3 nitrogen and oxygen atoms in total. The van der Waals surface area contributed by atoms with Gasteiger partial charge in [0.05, 0.1) is 6.54 Å². The molecular formula is C8H10FN3S. The molecule has 0 fully saturated rings. The molecule has 0 amide bonds. The van der Waals surface area contributed by atoms with E-state index in [1.165, 1.54) is 11.8 Å². The summed E-state index contributed by atoms with van der Waals surface area (Å²) in [7, 11) is 0. The van der Waals surface area contributed by atoms with E-state index in [1.807, 2.05) is 6.26 Å². The van der Waals surface area contributed by atoms with Gasteiger partial charge in [0.2, 0.25) is 6.19 Å². The van der Waals surface area contributed by atoms with Crippen LogP contribution in [0.5, 0.6) is 0 Å². The molecule has 0 bridgehead atoms. The van der Waals surface area contributed by atoms with Crippen LogP contribution >= 0.6 is 11.8 Å². The van der Waals surface area contributed by atoms with E-state index >= 15 is 0 Å². The highest BCUT2D eigenvalue weighted by atomic mass is 32.2. The van der Waals surface area contributed by atoms with E-state index in [1.54, 1.807) is 17.2 Å². The van der Waals surface area contributed by atoms with Gasteiger partial charge in [0.1, 0.15) is 5.83 Å². The Morgan fingerprint density at radius 1 is 1.85 bits per heavy atom. The lowest BCUT2D eigenvalue weighted by Crippen LogP contribution is -2.33. The summed E-state index contributed by atoms with van der Waals surface area (Å²) in [5.74, 6) is -0.147. The quantitative estimate of drug-likeness (QED) is 0.339. The normalized spacial score (nSPS) is 18.1. The van der Waals surface area contributed by atoms with Crippen molar-refractivity contribution in [2.45, 2.75) is 6.42 Å². The Morgan fingerprint density at radius 2 is 2.62 bits per heavy atom. The average molecular weight is 199 g/mol. The van der Waals surface area contributed by atoms with Gasteiger partial charge in [-0.1, -0.05) is 11.8 Å². The van der Waals surface area contributed by atoms with Crippen LogP contribution < -0.4 is 0 Å². The second-order valence-electron chi connectivity index (χ2n) is 2.56. The Labute approximate surface area is 80.9 Å². The minimum absolute atomic E-state index is 0.147. The molecule has 0 aliphatic carbocycles. The molecule has 1 aliphatic rings. The van der Waals surface area contributed by atoms with Gasteiger partial charge in [-0.3, -0.25) is 0 Å². The second kappa shape index (κ2) is 4.87. The molecule has 0 saturated carbocycles. The van der Waals surface area contributed by atoms with E-state index in [4.69, 9.17) is 5.26 Å². The van der Waals surface area contributed by atoms with Gasteiger partial charge < -0.3 is 4.90 Å². The number of rotatable bonds is 0. The molecule has 0 radical (unpaired) electrons. The van der Waals surface area contributed by atoms with Gasteiger partial charge in [0.15, 0.2) is 5.17 Å². The van der Waals surface area contributed by atoms with Gasteiger partial charge in [-0.2, -0.15) is 5.26 Å². The van der Waals surface area contributed by atoms with Gasteiger partial charge in [-0.15, -0.1) is 4.99 Å². The third kappa shape index (κ3) is 2.74. The van der Waals surface area contributed by atoms with Crippen LogP contribution in [-0.4, -0.2) is 29.4 Å². The molecule has 5 heteroatoms. The molecule has 1 rings (SSSR count). The Balaban J connectivity index is 2.67. The first kappa shape index (κ1) is 10.1. The number of hydrogen-bond donors (Lipinski definition) is 0. The summed E-state index contributed by atoms with van der Waals surface area (Å²) in [6, 6.07) is 0. The number of aliphatic imine (C=N–C) groups is 1. The van der Waals surface area contributed by atoms with Gasteiger partial charge in [0, 0.05) is 6.54 Å². The molecule has 1 aliphatic heterocycles. The molecule has 0 N–H and O–H groups in total. The Kier molecular flexibility index (Phi) is 3.77. The van der Waals surface area contributed by atoms with Crippen LogP contribution in [0.2, 0.25) is 0 Å². The molecule has 1 heterocycles. The van der Waals surface area contributed by atoms with E-state index in [2.05, 4.69) is 4.99 Å².